The smallest absolute Gasteiger partial charge is 0.326 e. The van der Waals surface area contributed by atoms with Crippen LogP contribution in [0.2, 0.25) is 0 Å². The van der Waals surface area contributed by atoms with Gasteiger partial charge in [0.15, 0.2) is 6.23 Å². The molecule has 1 fully saturated rings. The van der Waals surface area contributed by atoms with Crippen molar-refractivity contribution < 1.29 is 19.8 Å². The van der Waals surface area contributed by atoms with Crippen molar-refractivity contribution in [2.45, 2.75) is 39.5 Å². The molecule has 0 saturated carbocycles. The molecule has 2 atom stereocenters. The molecule has 27 heavy (non-hydrogen) atoms. The Bertz CT molecular complexity index is 747. The van der Waals surface area contributed by atoms with Crippen LogP contribution in [0.25, 0.3) is 6.08 Å². The Balaban J connectivity index is 1.97. The molecule has 1 aromatic carbocycles. The molecule has 1 aliphatic heterocycles. The Morgan fingerprint density at radius 3 is 2.52 bits per heavy atom. The van der Waals surface area contributed by atoms with Gasteiger partial charge in [0, 0.05) is 17.9 Å². The number of hydrogen-bond donors (Lipinski definition) is 3. The lowest BCUT2D eigenvalue weighted by Crippen LogP contribution is -2.45. The van der Waals surface area contributed by atoms with Crippen molar-refractivity contribution in [1.82, 2.24) is 10.2 Å². The van der Waals surface area contributed by atoms with Gasteiger partial charge in [-0.25, -0.2) is 4.79 Å². The number of rotatable bonds is 7. The number of thioether (sulfide) groups is 1. The maximum absolute atomic E-state index is 12.1. The zero-order valence-electron chi connectivity index (χ0n) is 15.5. The molecule has 1 aromatic rings. The fourth-order valence-electron chi connectivity index (χ4n) is 2.59. The van der Waals surface area contributed by atoms with Gasteiger partial charge < -0.3 is 20.4 Å². The minimum Gasteiger partial charge on any atom is -0.480 e. The van der Waals surface area contributed by atoms with Crippen molar-refractivity contribution in [2.75, 3.05) is 6.54 Å². The SMILES string of the molecule is Cc1ccc(/C=C2/SC(=S)N(CCC(=O)NC(C(=O)O)C(C)C)C2O)cc1. The van der Waals surface area contributed by atoms with Crippen molar-refractivity contribution >= 4 is 46.3 Å². The van der Waals surface area contributed by atoms with Gasteiger partial charge >= 0.3 is 5.97 Å². The lowest BCUT2D eigenvalue weighted by atomic mass is 10.0. The first kappa shape index (κ1) is 21.4. The van der Waals surface area contributed by atoms with Crippen molar-refractivity contribution in [3.05, 3.63) is 40.3 Å². The van der Waals surface area contributed by atoms with Crippen LogP contribution in [0.5, 0.6) is 0 Å². The van der Waals surface area contributed by atoms with E-state index < -0.39 is 18.2 Å². The molecule has 0 radical (unpaired) electrons. The summed E-state index contributed by atoms with van der Waals surface area (Å²) in [5.74, 6) is -1.66. The zero-order chi connectivity index (χ0) is 20.1. The van der Waals surface area contributed by atoms with E-state index in [1.54, 1.807) is 18.7 Å². The number of carboxylic acid groups (broad SMARTS) is 1. The number of aryl methyl sites for hydroxylation is 1. The fraction of sp³-hybridized carbons (Fsp3) is 0.421. The summed E-state index contributed by atoms with van der Waals surface area (Å²) in [6, 6.07) is 6.98. The number of carbonyl (C=O) groups is 2. The van der Waals surface area contributed by atoms with E-state index >= 15 is 0 Å². The summed E-state index contributed by atoms with van der Waals surface area (Å²) >= 11 is 6.62. The summed E-state index contributed by atoms with van der Waals surface area (Å²) in [5.41, 5.74) is 2.12. The van der Waals surface area contributed by atoms with Gasteiger partial charge in [0.25, 0.3) is 0 Å². The van der Waals surface area contributed by atoms with Gasteiger partial charge in [0.2, 0.25) is 5.91 Å². The minimum atomic E-state index is -1.06. The highest BCUT2D eigenvalue weighted by molar-refractivity contribution is 8.25. The Morgan fingerprint density at radius 1 is 1.33 bits per heavy atom. The standard InChI is InChI=1S/C19H24N2O4S2/c1-11(2)16(18(24)25)20-15(22)8-9-21-17(23)14(27-19(21)26)10-13-6-4-12(3)5-7-13/h4-7,10-11,16-17,23H,8-9H2,1-3H3,(H,20,22)(H,24,25)/b14-10+. The minimum absolute atomic E-state index is 0.0477. The molecule has 6 nitrogen and oxygen atoms in total. The van der Waals surface area contributed by atoms with Crippen LogP contribution in [0.15, 0.2) is 29.2 Å². The number of benzene rings is 1. The van der Waals surface area contributed by atoms with Gasteiger partial charge in [0.05, 0.1) is 0 Å². The van der Waals surface area contributed by atoms with Gasteiger partial charge in [-0.15, -0.1) is 0 Å². The summed E-state index contributed by atoms with van der Waals surface area (Å²) in [5, 5.41) is 22.2. The first-order valence-electron chi connectivity index (χ1n) is 8.66. The quantitative estimate of drug-likeness (QED) is 0.598. The van der Waals surface area contributed by atoms with Crippen LogP contribution in [-0.4, -0.2) is 50.1 Å². The summed E-state index contributed by atoms with van der Waals surface area (Å²) in [6.07, 6.45) is 1.02. The summed E-state index contributed by atoms with van der Waals surface area (Å²) in [7, 11) is 0. The molecule has 1 aliphatic rings. The summed E-state index contributed by atoms with van der Waals surface area (Å²) in [6.45, 7) is 5.69. The molecule has 146 valence electrons. The molecular formula is C19H24N2O4S2. The third-order valence-corrected chi connectivity index (χ3v) is 5.66. The Kier molecular flexibility index (Phi) is 7.41. The van der Waals surface area contributed by atoms with Crippen LogP contribution >= 0.6 is 24.0 Å². The van der Waals surface area contributed by atoms with E-state index in [0.29, 0.717) is 9.23 Å². The molecule has 0 aromatic heterocycles. The second kappa shape index (κ2) is 9.34. The van der Waals surface area contributed by atoms with Gasteiger partial charge in [-0.1, -0.05) is 67.7 Å². The van der Waals surface area contributed by atoms with Crippen LogP contribution in [0.4, 0.5) is 0 Å². The van der Waals surface area contributed by atoms with Crippen LogP contribution in [0.3, 0.4) is 0 Å². The molecular weight excluding hydrogens is 384 g/mol. The fourth-order valence-corrected chi connectivity index (χ4v) is 4.01. The van der Waals surface area contributed by atoms with Gasteiger partial charge in [-0.05, 0) is 24.5 Å². The largest absolute Gasteiger partial charge is 0.480 e. The van der Waals surface area contributed by atoms with E-state index in [-0.39, 0.29) is 24.8 Å². The van der Waals surface area contributed by atoms with Crippen molar-refractivity contribution in [3.8, 4) is 0 Å². The lowest BCUT2D eigenvalue weighted by Gasteiger charge is -2.22. The zero-order valence-corrected chi connectivity index (χ0v) is 17.1. The molecule has 0 spiro atoms. The van der Waals surface area contributed by atoms with Gasteiger partial charge in [0.1, 0.15) is 10.4 Å². The predicted molar refractivity (Wildman–Crippen MR) is 111 cm³/mol. The van der Waals surface area contributed by atoms with E-state index in [9.17, 15) is 14.7 Å². The normalized spacial score (nSPS) is 19.6. The van der Waals surface area contributed by atoms with Crippen molar-refractivity contribution in [3.63, 3.8) is 0 Å². The number of amides is 1. The average molecular weight is 409 g/mol. The molecule has 1 saturated heterocycles. The maximum atomic E-state index is 12.1. The number of carboxylic acids is 1. The van der Waals surface area contributed by atoms with Gasteiger partial charge in [-0.2, -0.15) is 0 Å². The first-order chi connectivity index (χ1) is 12.7. The lowest BCUT2D eigenvalue weighted by molar-refractivity contribution is -0.143. The Labute approximate surface area is 168 Å². The third-order valence-electron chi connectivity index (χ3n) is 4.20. The molecule has 0 aliphatic carbocycles. The van der Waals surface area contributed by atoms with Crippen molar-refractivity contribution in [1.29, 1.82) is 0 Å². The molecule has 1 amide bonds. The van der Waals surface area contributed by atoms with E-state index in [2.05, 4.69) is 5.32 Å². The average Bonchev–Trinajstić information content (AvgIpc) is 2.86. The topological polar surface area (TPSA) is 89.9 Å². The second-order valence-electron chi connectivity index (χ2n) is 6.77. The summed E-state index contributed by atoms with van der Waals surface area (Å²) in [4.78, 5) is 25.5. The number of thiocarbonyl (C=S) groups is 1. The van der Waals surface area contributed by atoms with E-state index in [4.69, 9.17) is 17.3 Å². The first-order valence-corrected chi connectivity index (χ1v) is 9.88. The van der Waals surface area contributed by atoms with Gasteiger partial charge in [-0.3, -0.25) is 4.79 Å². The molecule has 1 heterocycles. The number of aliphatic hydroxyl groups excluding tert-OH is 1. The molecule has 2 rings (SSSR count). The van der Waals surface area contributed by atoms with Crippen molar-refractivity contribution in [2.24, 2.45) is 5.92 Å². The van der Waals surface area contributed by atoms with Crippen LogP contribution in [0, 0.1) is 12.8 Å². The highest BCUT2D eigenvalue weighted by atomic mass is 32.2. The number of nitrogens with zero attached hydrogens (tertiary/aromatic N) is 1. The van der Waals surface area contributed by atoms with E-state index in [1.165, 1.54) is 11.8 Å². The number of aliphatic carboxylic acids is 1. The number of carbonyl (C=O) groups excluding carboxylic acids is 1. The highest BCUT2D eigenvalue weighted by Gasteiger charge is 2.32. The number of hydrogen-bond acceptors (Lipinski definition) is 5. The second-order valence-corrected chi connectivity index (χ2v) is 8.48. The maximum Gasteiger partial charge on any atom is 0.326 e. The van der Waals surface area contributed by atoms with E-state index in [1.807, 2.05) is 37.3 Å². The number of aliphatic hydroxyl groups is 1. The monoisotopic (exact) mass is 408 g/mol. The molecule has 8 heteroatoms. The molecule has 0 bridgehead atoms. The number of nitrogens with one attached hydrogen (secondary N) is 1. The Hall–Kier alpha value is -1.90. The highest BCUT2D eigenvalue weighted by Crippen LogP contribution is 2.35. The molecule has 2 unspecified atom stereocenters. The third kappa shape index (κ3) is 5.79. The Morgan fingerprint density at radius 2 is 1.96 bits per heavy atom. The predicted octanol–water partition coefficient (Wildman–Crippen LogP) is 2.60. The summed E-state index contributed by atoms with van der Waals surface area (Å²) < 4.78 is 0.493. The van der Waals surface area contributed by atoms with E-state index in [0.717, 1.165) is 11.1 Å². The van der Waals surface area contributed by atoms with Crippen LogP contribution in [-0.2, 0) is 9.59 Å². The molecule has 3 N–H and O–H groups in total. The van der Waals surface area contributed by atoms with Crippen LogP contribution < -0.4 is 5.32 Å². The van der Waals surface area contributed by atoms with Crippen LogP contribution in [0.1, 0.15) is 31.4 Å².